The van der Waals surface area contributed by atoms with Crippen LogP contribution in [0.3, 0.4) is 0 Å². The van der Waals surface area contributed by atoms with Crippen molar-refractivity contribution in [1.82, 2.24) is 34.7 Å². The molecule has 0 bridgehead atoms. The molecule has 3 rings (SSSR count). The van der Waals surface area contributed by atoms with Crippen LogP contribution >= 0.6 is 0 Å². The number of carbonyl (C=O) groups is 2. The lowest BCUT2D eigenvalue weighted by atomic mass is 10.1. The molecule has 0 atom stereocenters. The van der Waals surface area contributed by atoms with Gasteiger partial charge in [-0.2, -0.15) is 0 Å². The first-order valence-electron chi connectivity index (χ1n) is 8.75. The van der Waals surface area contributed by atoms with Gasteiger partial charge in [-0.1, -0.05) is 0 Å². The van der Waals surface area contributed by atoms with Gasteiger partial charge in [0.1, 0.15) is 24.1 Å². The first-order valence-corrected chi connectivity index (χ1v) is 8.75. The molecule has 0 aliphatic rings. The summed E-state index contributed by atoms with van der Waals surface area (Å²) in [5, 5.41) is 11.5. The maximum atomic E-state index is 12.7. The summed E-state index contributed by atoms with van der Waals surface area (Å²) in [6.07, 6.45) is 3.04. The molecule has 28 heavy (non-hydrogen) atoms. The maximum absolute atomic E-state index is 12.7. The van der Waals surface area contributed by atoms with Crippen LogP contribution in [0, 0.1) is 0 Å². The van der Waals surface area contributed by atoms with E-state index in [1.165, 1.54) is 21.6 Å². The summed E-state index contributed by atoms with van der Waals surface area (Å²) < 4.78 is 2.70. The number of pyridine rings is 2. The van der Waals surface area contributed by atoms with Gasteiger partial charge in [0, 0.05) is 24.7 Å². The molecule has 3 heterocycles. The Balaban J connectivity index is 2.10. The fourth-order valence-electron chi connectivity index (χ4n) is 2.97. The molecule has 0 fully saturated rings. The van der Waals surface area contributed by atoms with Gasteiger partial charge in [0.15, 0.2) is 0 Å². The Morgan fingerprint density at radius 1 is 1.21 bits per heavy atom. The van der Waals surface area contributed by atoms with Gasteiger partial charge in [-0.25, -0.2) is 9.67 Å². The minimum Gasteiger partial charge on any atom is -0.365 e. The second kappa shape index (κ2) is 7.94. The van der Waals surface area contributed by atoms with E-state index < -0.39 is 11.5 Å². The van der Waals surface area contributed by atoms with Crippen molar-refractivity contribution in [2.24, 2.45) is 5.73 Å². The number of fused-ring (bicyclic) bond motifs is 1. The van der Waals surface area contributed by atoms with E-state index in [9.17, 15) is 14.4 Å². The van der Waals surface area contributed by atoms with Crippen LogP contribution < -0.4 is 11.3 Å². The van der Waals surface area contributed by atoms with Crippen LogP contribution in [0.2, 0.25) is 0 Å². The molecule has 0 saturated carbocycles. The normalized spacial score (nSPS) is 10.9. The maximum Gasteiger partial charge on any atom is 0.265 e. The summed E-state index contributed by atoms with van der Waals surface area (Å²) in [5.74, 6) is -1.10. The van der Waals surface area contributed by atoms with Crippen molar-refractivity contribution in [2.45, 2.75) is 26.9 Å². The first-order chi connectivity index (χ1) is 13.4. The molecule has 0 unspecified atom stereocenters. The van der Waals surface area contributed by atoms with Crippen LogP contribution in [0.25, 0.3) is 11.0 Å². The van der Waals surface area contributed by atoms with Crippen molar-refractivity contribution in [2.75, 3.05) is 13.1 Å². The van der Waals surface area contributed by atoms with Crippen LogP contribution in [0.1, 0.15) is 29.8 Å². The lowest BCUT2D eigenvalue weighted by Crippen LogP contribution is -2.38. The zero-order chi connectivity index (χ0) is 20.3. The molecule has 11 nitrogen and oxygen atoms in total. The van der Waals surface area contributed by atoms with E-state index in [-0.39, 0.29) is 18.0 Å². The van der Waals surface area contributed by atoms with Gasteiger partial charge in [0.25, 0.3) is 11.5 Å². The van der Waals surface area contributed by atoms with E-state index in [1.807, 2.05) is 13.8 Å². The molecule has 2 amide bonds. The highest BCUT2D eigenvalue weighted by atomic mass is 16.2. The van der Waals surface area contributed by atoms with Crippen LogP contribution in [0.5, 0.6) is 0 Å². The minimum absolute atomic E-state index is 0.193. The van der Waals surface area contributed by atoms with Crippen LogP contribution in [0.4, 0.5) is 0 Å². The molecule has 0 radical (unpaired) electrons. The van der Waals surface area contributed by atoms with E-state index in [0.29, 0.717) is 30.7 Å². The van der Waals surface area contributed by atoms with E-state index in [2.05, 4.69) is 20.5 Å². The first kappa shape index (κ1) is 19.1. The molecule has 0 aliphatic heterocycles. The zero-order valence-electron chi connectivity index (χ0n) is 15.6. The van der Waals surface area contributed by atoms with Crippen molar-refractivity contribution in [3.05, 3.63) is 46.1 Å². The number of nitrogens with two attached hydrogens (primary N) is 1. The largest absolute Gasteiger partial charge is 0.365 e. The van der Waals surface area contributed by atoms with Gasteiger partial charge in [0.05, 0.1) is 6.54 Å². The monoisotopic (exact) mass is 384 g/mol. The molecule has 0 spiro atoms. The highest BCUT2D eigenvalue weighted by molar-refractivity contribution is 5.96. The van der Waals surface area contributed by atoms with Gasteiger partial charge in [-0.05, 0) is 42.0 Å². The van der Waals surface area contributed by atoms with Crippen molar-refractivity contribution in [3.63, 3.8) is 0 Å². The summed E-state index contributed by atoms with van der Waals surface area (Å²) >= 11 is 0. The van der Waals surface area contributed by atoms with Gasteiger partial charge < -0.3 is 10.6 Å². The van der Waals surface area contributed by atoms with Crippen molar-refractivity contribution < 1.29 is 9.59 Å². The Morgan fingerprint density at radius 3 is 2.57 bits per heavy atom. The average Bonchev–Trinajstić information content (AvgIpc) is 3.17. The van der Waals surface area contributed by atoms with Crippen molar-refractivity contribution in [3.8, 4) is 0 Å². The van der Waals surface area contributed by atoms with Crippen LogP contribution in [0.15, 0.2) is 29.5 Å². The third-order valence-electron chi connectivity index (χ3n) is 4.39. The Kier molecular flexibility index (Phi) is 5.43. The third-order valence-corrected chi connectivity index (χ3v) is 4.39. The number of nitrogens with zero attached hydrogens (tertiary/aromatic N) is 7. The fraction of sp³-hybridized carbons (Fsp3) is 0.353. The number of primary amides is 1. The zero-order valence-corrected chi connectivity index (χ0v) is 15.6. The lowest BCUT2D eigenvalue weighted by Gasteiger charge is -2.20. The number of amides is 2. The SMILES string of the molecule is CCN(CC)C(=O)Cn1c(=O)c(C(N)=O)cc2cc(Cn3cnnn3)cnc21. The number of tetrazole rings is 1. The standard InChI is InChI=1S/C17H20N8O3/c1-3-23(4-2)14(26)9-25-16-12(6-13(15(18)27)17(25)28)5-11(7-19-16)8-24-10-20-21-22-24/h5-7,10H,3-4,8-9H2,1-2H3,(H2,18,27). The van der Waals surface area contributed by atoms with Gasteiger partial charge >= 0.3 is 0 Å². The molecule has 11 heteroatoms. The molecular formula is C17H20N8O3. The van der Waals surface area contributed by atoms with Crippen LogP contribution in [-0.2, 0) is 17.9 Å². The summed E-state index contributed by atoms with van der Waals surface area (Å²) in [4.78, 5) is 42.9. The predicted molar refractivity (Wildman–Crippen MR) is 99.4 cm³/mol. The number of hydrogen-bond acceptors (Lipinski definition) is 7. The summed E-state index contributed by atoms with van der Waals surface area (Å²) in [6, 6.07) is 3.16. The summed E-state index contributed by atoms with van der Waals surface area (Å²) in [6.45, 7) is 4.87. The van der Waals surface area contributed by atoms with Crippen molar-refractivity contribution >= 4 is 22.8 Å². The molecule has 0 aromatic carbocycles. The Bertz CT molecular complexity index is 1070. The minimum atomic E-state index is -0.859. The van der Waals surface area contributed by atoms with Crippen LogP contribution in [-0.4, -0.2) is 59.6 Å². The average molecular weight is 384 g/mol. The molecular weight excluding hydrogens is 364 g/mol. The Labute approximate surface area is 159 Å². The van der Waals surface area contributed by atoms with Crippen molar-refractivity contribution in [1.29, 1.82) is 0 Å². The number of likely N-dealkylation sites (N-methyl/N-ethyl adjacent to an activating group) is 1. The Morgan fingerprint density at radius 2 is 1.96 bits per heavy atom. The number of rotatable bonds is 7. The number of aromatic nitrogens is 6. The highest BCUT2D eigenvalue weighted by Gasteiger charge is 2.18. The van der Waals surface area contributed by atoms with Gasteiger partial charge in [-0.3, -0.25) is 19.0 Å². The molecule has 0 saturated heterocycles. The van der Waals surface area contributed by atoms with Gasteiger partial charge in [-0.15, -0.1) is 5.10 Å². The summed E-state index contributed by atoms with van der Waals surface area (Å²) in [7, 11) is 0. The van der Waals surface area contributed by atoms with E-state index >= 15 is 0 Å². The quantitative estimate of drug-likeness (QED) is 0.573. The van der Waals surface area contributed by atoms with E-state index in [0.717, 1.165) is 5.56 Å². The van der Waals surface area contributed by atoms with Gasteiger partial charge in [0.2, 0.25) is 5.91 Å². The molecule has 0 aliphatic carbocycles. The predicted octanol–water partition coefficient (Wildman–Crippen LogP) is -0.601. The fourth-order valence-corrected chi connectivity index (χ4v) is 2.97. The molecule has 3 aromatic rings. The second-order valence-electron chi connectivity index (χ2n) is 6.14. The van der Waals surface area contributed by atoms with E-state index in [1.54, 1.807) is 17.2 Å². The lowest BCUT2D eigenvalue weighted by molar-refractivity contribution is -0.131. The third kappa shape index (κ3) is 3.72. The Hall–Kier alpha value is -3.63. The van der Waals surface area contributed by atoms with E-state index in [4.69, 9.17) is 5.73 Å². The number of carbonyl (C=O) groups excluding carboxylic acids is 2. The highest BCUT2D eigenvalue weighted by Crippen LogP contribution is 2.15. The molecule has 3 aromatic heterocycles. The molecule has 2 N–H and O–H groups in total. The number of hydrogen-bond donors (Lipinski definition) is 1. The second-order valence-corrected chi connectivity index (χ2v) is 6.14. The molecule has 146 valence electrons. The smallest absolute Gasteiger partial charge is 0.265 e. The topological polar surface area (TPSA) is 142 Å². The summed E-state index contributed by atoms with van der Waals surface area (Å²) in [5.41, 5.74) is 5.60.